The highest BCUT2D eigenvalue weighted by atomic mass is 31.1. The van der Waals surface area contributed by atoms with E-state index in [1.54, 1.807) is 0 Å². The van der Waals surface area contributed by atoms with Crippen LogP contribution in [-0.4, -0.2) is 6.66 Å². The van der Waals surface area contributed by atoms with Crippen molar-refractivity contribution < 1.29 is 4.57 Å². The van der Waals surface area contributed by atoms with Gasteiger partial charge in [-0.3, -0.25) is 0 Å². The summed E-state index contributed by atoms with van der Waals surface area (Å²) < 4.78 is 12.4. The normalized spacial score (nSPS) is 22.3. The molecule has 2 aromatic carbocycles. The first-order chi connectivity index (χ1) is 7.79. The molecular formula is C13H12OP2. The van der Waals surface area contributed by atoms with Crippen molar-refractivity contribution in [3.05, 3.63) is 48.5 Å². The minimum atomic E-state index is -1.77. The lowest BCUT2D eigenvalue weighted by Gasteiger charge is -2.25. The van der Waals surface area contributed by atoms with E-state index in [0.29, 0.717) is 0 Å². The lowest BCUT2D eigenvalue weighted by molar-refractivity contribution is 0.598. The molecule has 0 fully saturated rings. The number of rotatable bonds is 0. The van der Waals surface area contributed by atoms with E-state index in [1.165, 1.54) is 10.6 Å². The van der Waals surface area contributed by atoms with Gasteiger partial charge in [0.25, 0.3) is 0 Å². The predicted octanol–water partition coefficient (Wildman–Crippen LogP) is 1.57. The largest absolute Gasteiger partial charge is 0.317 e. The molecule has 0 amide bonds. The average Bonchev–Trinajstić information content (AvgIpc) is 2.36. The van der Waals surface area contributed by atoms with Gasteiger partial charge in [-0.05, 0) is 25.2 Å². The van der Waals surface area contributed by atoms with Gasteiger partial charge >= 0.3 is 0 Å². The second kappa shape index (κ2) is 3.84. The van der Waals surface area contributed by atoms with E-state index < -0.39 is 7.80 Å². The lowest BCUT2D eigenvalue weighted by Crippen LogP contribution is -2.37. The van der Waals surface area contributed by atoms with Crippen molar-refractivity contribution in [1.82, 2.24) is 0 Å². The number of fused-ring (bicyclic) bond motifs is 2. The molecule has 0 N–H and O–H groups in total. The molecule has 1 heterocycles. The summed E-state index contributed by atoms with van der Waals surface area (Å²) in [7, 11) is -2.10. The summed E-state index contributed by atoms with van der Waals surface area (Å²) in [5.41, 5.74) is 0. The van der Waals surface area contributed by atoms with Gasteiger partial charge in [-0.2, -0.15) is 0 Å². The Morgan fingerprint density at radius 2 is 1.31 bits per heavy atom. The molecule has 0 spiro atoms. The molecule has 0 bridgehead atoms. The van der Waals surface area contributed by atoms with Gasteiger partial charge < -0.3 is 4.57 Å². The van der Waals surface area contributed by atoms with Gasteiger partial charge in [0.05, 0.1) is 0 Å². The second-order valence-electron chi connectivity index (χ2n) is 3.92. The molecule has 1 aliphatic rings. The highest BCUT2D eigenvalue weighted by molar-refractivity contribution is 7.79. The summed E-state index contributed by atoms with van der Waals surface area (Å²) in [6, 6.07) is 16.3. The van der Waals surface area contributed by atoms with E-state index in [1.807, 2.05) is 36.4 Å². The Hall–Kier alpha value is -0.900. The Balaban J connectivity index is 2.30. The van der Waals surface area contributed by atoms with Gasteiger partial charge in [-0.25, -0.2) is 0 Å². The molecule has 0 atom stereocenters. The zero-order valence-corrected chi connectivity index (χ0v) is 10.9. The first-order valence-electron chi connectivity index (χ1n) is 5.25. The van der Waals surface area contributed by atoms with Crippen LogP contribution >= 0.6 is 15.7 Å². The summed E-state index contributed by atoms with van der Waals surface area (Å²) in [6.45, 7) is 2.25. The van der Waals surface area contributed by atoms with E-state index in [9.17, 15) is 4.57 Å². The molecule has 0 saturated carbocycles. The Labute approximate surface area is 97.1 Å². The van der Waals surface area contributed by atoms with Crippen LogP contribution in [0.25, 0.3) is 0 Å². The van der Waals surface area contributed by atoms with E-state index in [0.717, 1.165) is 10.6 Å². The minimum absolute atomic E-state index is 0.324. The standard InChI is InChI=1S/C13H12OP2/c1-15-10-6-2-4-8-12(10)16(14)13-9-5-3-7-11(13)15/h2-9,16H,1H3. The third kappa shape index (κ3) is 1.39. The van der Waals surface area contributed by atoms with Crippen LogP contribution in [0, 0.1) is 0 Å². The fourth-order valence-electron chi connectivity index (χ4n) is 2.19. The smallest absolute Gasteiger partial charge is 0.133 e. The van der Waals surface area contributed by atoms with Crippen molar-refractivity contribution in [2.24, 2.45) is 0 Å². The molecule has 1 nitrogen and oxygen atoms in total. The fourth-order valence-corrected chi connectivity index (χ4v) is 6.97. The van der Waals surface area contributed by atoms with Gasteiger partial charge in [0.1, 0.15) is 7.80 Å². The molecule has 3 rings (SSSR count). The van der Waals surface area contributed by atoms with E-state index in [-0.39, 0.29) is 7.92 Å². The van der Waals surface area contributed by atoms with Crippen molar-refractivity contribution in [3.63, 3.8) is 0 Å². The lowest BCUT2D eigenvalue weighted by atomic mass is 10.3. The van der Waals surface area contributed by atoms with Gasteiger partial charge in [0, 0.05) is 10.6 Å². The van der Waals surface area contributed by atoms with Crippen molar-refractivity contribution in [1.29, 1.82) is 0 Å². The third-order valence-corrected chi connectivity index (χ3v) is 7.52. The van der Waals surface area contributed by atoms with Crippen molar-refractivity contribution in [3.8, 4) is 0 Å². The Bertz CT molecular complexity index is 528. The molecule has 0 aromatic heterocycles. The average molecular weight is 246 g/mol. The summed E-state index contributed by atoms with van der Waals surface area (Å²) >= 11 is 0. The second-order valence-corrected chi connectivity index (χ2v) is 7.74. The maximum atomic E-state index is 12.4. The molecule has 0 radical (unpaired) electrons. The van der Waals surface area contributed by atoms with Crippen molar-refractivity contribution in [2.75, 3.05) is 6.66 Å². The molecular weight excluding hydrogens is 234 g/mol. The maximum absolute atomic E-state index is 12.4. The maximum Gasteiger partial charge on any atom is 0.133 e. The summed E-state index contributed by atoms with van der Waals surface area (Å²) in [5, 5.41) is 4.72. The number of benzene rings is 2. The molecule has 3 heteroatoms. The minimum Gasteiger partial charge on any atom is -0.317 e. The van der Waals surface area contributed by atoms with Gasteiger partial charge in [0.2, 0.25) is 0 Å². The van der Waals surface area contributed by atoms with Crippen LogP contribution in [0.15, 0.2) is 48.5 Å². The van der Waals surface area contributed by atoms with Crippen molar-refractivity contribution >= 4 is 36.9 Å². The molecule has 1 aliphatic heterocycles. The summed E-state index contributed by atoms with van der Waals surface area (Å²) in [4.78, 5) is 0. The predicted molar refractivity (Wildman–Crippen MR) is 73.3 cm³/mol. The van der Waals surface area contributed by atoms with Crippen LogP contribution in [0.1, 0.15) is 0 Å². The highest BCUT2D eigenvalue weighted by Gasteiger charge is 2.25. The molecule has 0 aliphatic carbocycles. The Morgan fingerprint density at radius 3 is 1.81 bits per heavy atom. The monoisotopic (exact) mass is 246 g/mol. The summed E-state index contributed by atoms with van der Waals surface area (Å²) in [6.07, 6.45) is 0. The van der Waals surface area contributed by atoms with Gasteiger partial charge in [-0.15, -0.1) is 0 Å². The quantitative estimate of drug-likeness (QED) is 0.645. The third-order valence-electron chi connectivity index (χ3n) is 3.02. The molecule has 2 aromatic rings. The zero-order chi connectivity index (χ0) is 11.1. The van der Waals surface area contributed by atoms with Crippen molar-refractivity contribution in [2.45, 2.75) is 0 Å². The summed E-state index contributed by atoms with van der Waals surface area (Å²) in [5.74, 6) is 0. The van der Waals surface area contributed by atoms with E-state index in [2.05, 4.69) is 18.8 Å². The van der Waals surface area contributed by atoms with Crippen LogP contribution < -0.4 is 21.2 Å². The molecule has 16 heavy (non-hydrogen) atoms. The Morgan fingerprint density at radius 1 is 0.875 bits per heavy atom. The van der Waals surface area contributed by atoms with Gasteiger partial charge in [0.15, 0.2) is 0 Å². The van der Waals surface area contributed by atoms with Crippen LogP contribution in [0.4, 0.5) is 0 Å². The van der Waals surface area contributed by atoms with E-state index in [4.69, 9.17) is 0 Å². The number of hydrogen-bond donors (Lipinski definition) is 0. The number of hydrogen-bond acceptors (Lipinski definition) is 1. The first kappa shape index (κ1) is 10.3. The van der Waals surface area contributed by atoms with Crippen LogP contribution in [0.5, 0.6) is 0 Å². The van der Waals surface area contributed by atoms with E-state index >= 15 is 0 Å². The topological polar surface area (TPSA) is 17.1 Å². The molecule has 0 saturated heterocycles. The highest BCUT2D eigenvalue weighted by Crippen LogP contribution is 2.36. The zero-order valence-electron chi connectivity index (χ0n) is 8.97. The SMILES string of the molecule is CP1c2ccccc2[PH](=O)c2ccccc21. The van der Waals surface area contributed by atoms with Crippen LogP contribution in [-0.2, 0) is 4.57 Å². The fraction of sp³-hybridized carbons (Fsp3) is 0.0769. The van der Waals surface area contributed by atoms with Crippen LogP contribution in [0.3, 0.4) is 0 Å². The van der Waals surface area contributed by atoms with Crippen LogP contribution in [0.2, 0.25) is 0 Å². The molecule has 0 unspecified atom stereocenters. The van der Waals surface area contributed by atoms with Gasteiger partial charge in [-0.1, -0.05) is 48.5 Å². The molecule has 80 valence electrons. The first-order valence-corrected chi connectivity index (χ1v) is 8.45. The Kier molecular flexibility index (Phi) is 2.46.